The first-order valence-electron chi connectivity index (χ1n) is 10.5. The van der Waals surface area contributed by atoms with Gasteiger partial charge in [-0.05, 0) is 36.8 Å². The standard InChI is InChI=1S/C24H38O2/c1-6-11-13-20(8-3)18-25-23-15-16-24(22(10-5)17-23)26-19-21(9-4)14-12-7-2/h5,10,16-17,20-21H,6-9,11-14,18-19H2,1-4H3. The van der Waals surface area contributed by atoms with Gasteiger partial charge in [-0.1, -0.05) is 78.9 Å². The lowest BCUT2D eigenvalue weighted by Gasteiger charge is -2.18. The van der Waals surface area contributed by atoms with E-state index >= 15 is 0 Å². The predicted molar refractivity (Wildman–Crippen MR) is 112 cm³/mol. The van der Waals surface area contributed by atoms with Crippen LogP contribution >= 0.6 is 0 Å². The van der Waals surface area contributed by atoms with Crippen molar-refractivity contribution in [2.75, 3.05) is 13.2 Å². The van der Waals surface area contributed by atoms with Crippen molar-refractivity contribution in [3.63, 3.8) is 0 Å². The van der Waals surface area contributed by atoms with Crippen LogP contribution in [0.1, 0.15) is 84.6 Å². The number of benzene rings is 1. The van der Waals surface area contributed by atoms with Crippen LogP contribution in [0.25, 0.3) is 6.08 Å². The van der Waals surface area contributed by atoms with Gasteiger partial charge in [0.05, 0.1) is 13.2 Å². The van der Waals surface area contributed by atoms with E-state index in [2.05, 4.69) is 33.8 Å². The highest BCUT2D eigenvalue weighted by molar-refractivity contribution is 5.57. The van der Waals surface area contributed by atoms with E-state index in [0.29, 0.717) is 11.8 Å². The minimum Gasteiger partial charge on any atom is -0.493 e. The zero-order chi connectivity index (χ0) is 19.2. The molecule has 26 heavy (non-hydrogen) atoms. The van der Waals surface area contributed by atoms with Crippen LogP contribution in [-0.4, -0.2) is 13.2 Å². The molecule has 0 aliphatic rings. The van der Waals surface area contributed by atoms with Gasteiger partial charge in [-0.3, -0.25) is 0 Å². The Hall–Kier alpha value is -1.44. The van der Waals surface area contributed by atoms with Gasteiger partial charge in [-0.15, -0.1) is 0 Å². The van der Waals surface area contributed by atoms with Crippen molar-refractivity contribution >= 4 is 6.08 Å². The highest BCUT2D eigenvalue weighted by atomic mass is 16.5. The molecule has 1 aromatic carbocycles. The van der Waals surface area contributed by atoms with Gasteiger partial charge in [0.15, 0.2) is 0 Å². The van der Waals surface area contributed by atoms with E-state index in [-0.39, 0.29) is 0 Å². The molecular weight excluding hydrogens is 320 g/mol. The van der Waals surface area contributed by atoms with Crippen LogP contribution in [0.15, 0.2) is 12.1 Å². The highest BCUT2D eigenvalue weighted by Crippen LogP contribution is 2.27. The summed E-state index contributed by atoms with van der Waals surface area (Å²) in [6.45, 7) is 16.2. The fourth-order valence-electron chi connectivity index (χ4n) is 3.02. The fourth-order valence-corrected chi connectivity index (χ4v) is 3.02. The van der Waals surface area contributed by atoms with Crippen LogP contribution in [0.2, 0.25) is 0 Å². The third-order valence-corrected chi connectivity index (χ3v) is 5.13. The quantitative estimate of drug-likeness (QED) is 0.332. The molecule has 1 aromatic rings. The van der Waals surface area contributed by atoms with Crippen molar-refractivity contribution in [3.05, 3.63) is 30.3 Å². The lowest BCUT2D eigenvalue weighted by molar-refractivity contribution is 0.227. The molecule has 0 saturated carbocycles. The first kappa shape index (κ1) is 22.6. The predicted octanol–water partition coefficient (Wildman–Crippen LogP) is 7.12. The third-order valence-electron chi connectivity index (χ3n) is 5.13. The van der Waals surface area contributed by atoms with E-state index in [4.69, 9.17) is 16.1 Å². The Morgan fingerprint density at radius 1 is 0.962 bits per heavy atom. The van der Waals surface area contributed by atoms with Crippen LogP contribution in [-0.2, 0) is 0 Å². The van der Waals surface area contributed by atoms with Gasteiger partial charge in [-0.25, -0.2) is 0 Å². The molecule has 0 heterocycles. The molecule has 146 valence electrons. The van der Waals surface area contributed by atoms with Gasteiger partial charge < -0.3 is 9.47 Å². The second kappa shape index (κ2) is 13.7. The summed E-state index contributed by atoms with van der Waals surface area (Å²) in [7, 11) is 0. The molecule has 0 aliphatic heterocycles. The van der Waals surface area contributed by atoms with Crippen molar-refractivity contribution in [2.24, 2.45) is 11.8 Å². The van der Waals surface area contributed by atoms with Crippen LogP contribution in [0, 0.1) is 24.5 Å². The van der Waals surface area contributed by atoms with E-state index in [9.17, 15) is 0 Å². The summed E-state index contributed by atoms with van der Waals surface area (Å²) in [4.78, 5) is 0. The average molecular weight is 359 g/mol. The molecular formula is C24H38O2. The van der Waals surface area contributed by atoms with Gasteiger partial charge in [0.25, 0.3) is 0 Å². The van der Waals surface area contributed by atoms with E-state index in [1.807, 2.05) is 12.1 Å². The Kier molecular flexibility index (Phi) is 11.9. The Bertz CT molecular complexity index is 495. The molecule has 0 aromatic heterocycles. The number of hydrogen-bond acceptors (Lipinski definition) is 2. The summed E-state index contributed by atoms with van der Waals surface area (Å²) in [6.07, 6.45) is 11.3. The molecule has 0 N–H and O–H groups in total. The summed E-state index contributed by atoms with van der Waals surface area (Å²) in [5.41, 5.74) is 0.880. The summed E-state index contributed by atoms with van der Waals surface area (Å²) < 4.78 is 12.0. The number of rotatable bonds is 15. The number of ether oxygens (including phenoxy) is 2. The van der Waals surface area contributed by atoms with Crippen molar-refractivity contribution in [1.29, 1.82) is 0 Å². The molecule has 2 nitrogen and oxygen atoms in total. The maximum absolute atomic E-state index is 6.03. The lowest BCUT2D eigenvalue weighted by atomic mass is 10.0. The van der Waals surface area contributed by atoms with Gasteiger partial charge in [-0.2, -0.15) is 0 Å². The van der Waals surface area contributed by atoms with Crippen LogP contribution in [0.3, 0.4) is 0 Å². The molecule has 1 rings (SSSR count). The Labute approximate surface area is 162 Å². The number of hydrogen-bond donors (Lipinski definition) is 0. The molecule has 0 aliphatic carbocycles. The topological polar surface area (TPSA) is 18.5 Å². The molecule has 0 saturated heterocycles. The largest absolute Gasteiger partial charge is 0.493 e. The second-order valence-corrected chi connectivity index (χ2v) is 7.24. The van der Waals surface area contributed by atoms with Crippen LogP contribution in [0.5, 0.6) is 11.5 Å². The Balaban J connectivity index is 2.61. The SMILES string of the molecule is [CH]=Cc1cc(OCC(CC)CCCC)[c]cc1OCC(CC)CCCC. The van der Waals surface area contributed by atoms with E-state index in [1.165, 1.54) is 38.5 Å². The molecule has 2 unspecified atom stereocenters. The minimum atomic E-state index is 0.598. The molecule has 2 atom stereocenters. The second-order valence-electron chi connectivity index (χ2n) is 7.24. The van der Waals surface area contributed by atoms with Crippen molar-refractivity contribution in [3.8, 4) is 11.5 Å². The van der Waals surface area contributed by atoms with Gasteiger partial charge in [0.1, 0.15) is 11.5 Å². The zero-order valence-corrected chi connectivity index (χ0v) is 17.4. The molecule has 2 radical (unpaired) electrons. The minimum absolute atomic E-state index is 0.598. The van der Waals surface area contributed by atoms with Gasteiger partial charge in [0, 0.05) is 11.6 Å². The fraction of sp³-hybridized carbons (Fsp3) is 0.667. The van der Waals surface area contributed by atoms with Crippen LogP contribution < -0.4 is 9.47 Å². The Morgan fingerprint density at radius 2 is 1.54 bits per heavy atom. The highest BCUT2D eigenvalue weighted by Gasteiger charge is 2.11. The van der Waals surface area contributed by atoms with Crippen molar-refractivity contribution in [1.82, 2.24) is 0 Å². The van der Waals surface area contributed by atoms with Gasteiger partial charge >= 0.3 is 0 Å². The molecule has 0 bridgehead atoms. The lowest BCUT2D eigenvalue weighted by Crippen LogP contribution is -2.12. The summed E-state index contributed by atoms with van der Waals surface area (Å²) >= 11 is 0. The summed E-state index contributed by atoms with van der Waals surface area (Å²) in [6, 6.07) is 7.02. The molecule has 0 spiro atoms. The zero-order valence-electron chi connectivity index (χ0n) is 17.4. The van der Waals surface area contributed by atoms with Crippen molar-refractivity contribution in [2.45, 2.75) is 79.1 Å². The smallest absolute Gasteiger partial charge is 0.128 e. The van der Waals surface area contributed by atoms with Crippen molar-refractivity contribution < 1.29 is 9.47 Å². The van der Waals surface area contributed by atoms with E-state index in [0.717, 1.165) is 43.1 Å². The maximum atomic E-state index is 6.03. The first-order chi connectivity index (χ1) is 12.7. The number of unbranched alkanes of at least 4 members (excludes halogenated alkanes) is 2. The monoisotopic (exact) mass is 358 g/mol. The maximum Gasteiger partial charge on any atom is 0.128 e. The molecule has 0 fully saturated rings. The first-order valence-corrected chi connectivity index (χ1v) is 10.5. The summed E-state index contributed by atoms with van der Waals surface area (Å²) in [5, 5.41) is 0. The van der Waals surface area contributed by atoms with Crippen LogP contribution in [0.4, 0.5) is 0 Å². The normalized spacial score (nSPS) is 13.2. The molecule has 0 amide bonds. The summed E-state index contributed by atoms with van der Waals surface area (Å²) in [5.74, 6) is 2.75. The van der Waals surface area contributed by atoms with E-state index < -0.39 is 0 Å². The Morgan fingerprint density at radius 3 is 2.04 bits per heavy atom. The third kappa shape index (κ3) is 8.29. The average Bonchev–Trinajstić information content (AvgIpc) is 2.68. The van der Waals surface area contributed by atoms with Gasteiger partial charge in [0.2, 0.25) is 0 Å². The van der Waals surface area contributed by atoms with E-state index in [1.54, 1.807) is 6.08 Å². The molecule has 2 heteroatoms.